The molecule has 36 heavy (non-hydrogen) atoms. The highest BCUT2D eigenvalue weighted by atomic mass is 16.5. The predicted octanol–water partition coefficient (Wildman–Crippen LogP) is 3.81. The molecule has 2 aromatic rings. The average molecular weight is 490 g/mol. The molecule has 2 atom stereocenters. The summed E-state index contributed by atoms with van der Waals surface area (Å²) in [5.41, 5.74) is 3.77. The lowest BCUT2D eigenvalue weighted by Gasteiger charge is -2.28. The van der Waals surface area contributed by atoms with Crippen LogP contribution in [0.2, 0.25) is 0 Å². The summed E-state index contributed by atoms with van der Waals surface area (Å²) in [5.74, 6) is 3.19. The summed E-state index contributed by atoms with van der Waals surface area (Å²) in [5, 5.41) is 10.2. The number of carbonyl (C=O) groups is 1. The second-order valence-corrected chi connectivity index (χ2v) is 9.66. The molecule has 0 bridgehead atoms. The number of carbonyl (C=O) groups excluding carboxylic acids is 1. The first-order valence-electron chi connectivity index (χ1n) is 12.9. The molecule has 1 saturated heterocycles. The number of likely N-dealkylation sites (tertiary alicyclic amines) is 1. The highest BCUT2D eigenvalue weighted by Gasteiger charge is 2.33. The molecule has 4 heterocycles. The molecular weight excluding hydrogens is 454 g/mol. The van der Waals surface area contributed by atoms with Crippen LogP contribution in [0.5, 0.6) is 0 Å². The Morgan fingerprint density at radius 2 is 2.06 bits per heavy atom. The molecule has 0 spiro atoms. The van der Waals surface area contributed by atoms with Crippen molar-refractivity contribution in [2.45, 2.75) is 39.0 Å². The number of amides is 1. The van der Waals surface area contributed by atoms with Gasteiger partial charge in [0, 0.05) is 50.6 Å². The van der Waals surface area contributed by atoms with Gasteiger partial charge in [-0.2, -0.15) is 0 Å². The summed E-state index contributed by atoms with van der Waals surface area (Å²) in [6, 6.07) is 3.86. The molecule has 1 amide bonds. The van der Waals surface area contributed by atoms with Crippen molar-refractivity contribution in [1.82, 2.24) is 25.2 Å². The van der Waals surface area contributed by atoms with E-state index in [1.54, 1.807) is 13.3 Å². The van der Waals surface area contributed by atoms with E-state index < -0.39 is 0 Å². The number of methoxy groups -OCH3 is 1. The molecule has 9 nitrogen and oxygen atoms in total. The number of anilines is 2. The van der Waals surface area contributed by atoms with E-state index in [0.717, 1.165) is 74.7 Å². The van der Waals surface area contributed by atoms with Gasteiger partial charge in [0.1, 0.15) is 22.9 Å². The van der Waals surface area contributed by atoms with E-state index in [4.69, 9.17) is 9.72 Å². The SMILES string of the molecule is COC1=C2NC=C(C)C2C(CNc2cnc3ccc(NCCCN4CCCCCC4=O)nc3n2)C=C1. The molecule has 0 radical (unpaired) electrons. The van der Waals surface area contributed by atoms with Gasteiger partial charge in [-0.1, -0.05) is 12.5 Å². The first-order chi connectivity index (χ1) is 17.6. The van der Waals surface area contributed by atoms with E-state index >= 15 is 0 Å². The van der Waals surface area contributed by atoms with Crippen molar-refractivity contribution < 1.29 is 9.53 Å². The van der Waals surface area contributed by atoms with Crippen molar-refractivity contribution in [2.24, 2.45) is 11.8 Å². The molecule has 0 aromatic carbocycles. The Morgan fingerprint density at radius 3 is 2.94 bits per heavy atom. The maximum atomic E-state index is 12.2. The molecule has 2 aliphatic heterocycles. The lowest BCUT2D eigenvalue weighted by molar-refractivity contribution is -0.130. The van der Waals surface area contributed by atoms with Crippen molar-refractivity contribution in [3.8, 4) is 0 Å². The smallest absolute Gasteiger partial charge is 0.222 e. The normalized spacial score (nSPS) is 21.7. The Balaban J connectivity index is 1.17. The van der Waals surface area contributed by atoms with Gasteiger partial charge in [0.15, 0.2) is 5.65 Å². The molecule has 3 N–H and O–H groups in total. The van der Waals surface area contributed by atoms with E-state index in [2.05, 4.69) is 45.1 Å². The number of pyridine rings is 1. The van der Waals surface area contributed by atoms with Crippen molar-refractivity contribution in [1.29, 1.82) is 0 Å². The van der Waals surface area contributed by atoms with Gasteiger partial charge in [0.25, 0.3) is 0 Å². The summed E-state index contributed by atoms with van der Waals surface area (Å²) in [6.07, 6.45) is 12.9. The summed E-state index contributed by atoms with van der Waals surface area (Å²) in [6.45, 7) is 5.29. The van der Waals surface area contributed by atoms with Gasteiger partial charge in [-0.25, -0.2) is 15.0 Å². The summed E-state index contributed by atoms with van der Waals surface area (Å²) >= 11 is 0. The van der Waals surface area contributed by atoms with Crippen LogP contribution >= 0.6 is 0 Å². The average Bonchev–Trinajstić information content (AvgIpc) is 3.17. The fourth-order valence-corrected chi connectivity index (χ4v) is 5.22. The van der Waals surface area contributed by atoms with Gasteiger partial charge in [-0.05, 0) is 50.0 Å². The van der Waals surface area contributed by atoms with E-state index in [-0.39, 0.29) is 17.7 Å². The standard InChI is InChI=1S/C27H35N7O2/c1-18-15-31-26-21(36-2)10-8-19(25(18)26)16-30-23-17-29-20-9-11-22(32-27(20)33-23)28-12-6-14-34-13-5-3-4-7-24(34)35/h8-11,15,17,19,25,31H,3-7,12-14,16H2,1-2H3,(H2,28,30,32,33). The minimum atomic E-state index is 0.268. The predicted molar refractivity (Wildman–Crippen MR) is 141 cm³/mol. The molecule has 190 valence electrons. The van der Waals surface area contributed by atoms with E-state index in [9.17, 15) is 4.79 Å². The van der Waals surface area contributed by atoms with Gasteiger partial charge in [0.05, 0.1) is 19.0 Å². The Morgan fingerprint density at radius 1 is 1.17 bits per heavy atom. The fraction of sp³-hybridized carbons (Fsp3) is 0.481. The molecule has 5 rings (SSSR count). The lowest BCUT2D eigenvalue weighted by Crippen LogP contribution is -2.32. The zero-order valence-corrected chi connectivity index (χ0v) is 21.1. The number of allylic oxidation sites excluding steroid dienone is 2. The van der Waals surface area contributed by atoms with Gasteiger partial charge >= 0.3 is 0 Å². The zero-order valence-electron chi connectivity index (χ0n) is 21.1. The minimum Gasteiger partial charge on any atom is -0.495 e. The highest BCUT2D eigenvalue weighted by Crippen LogP contribution is 2.37. The highest BCUT2D eigenvalue weighted by molar-refractivity contribution is 5.76. The van der Waals surface area contributed by atoms with Crippen LogP contribution in [0.3, 0.4) is 0 Å². The summed E-state index contributed by atoms with van der Waals surface area (Å²) in [7, 11) is 1.70. The Bertz CT molecular complexity index is 1210. The van der Waals surface area contributed by atoms with Crippen molar-refractivity contribution in [3.63, 3.8) is 0 Å². The van der Waals surface area contributed by atoms with Crippen molar-refractivity contribution >= 4 is 28.7 Å². The maximum Gasteiger partial charge on any atom is 0.222 e. The van der Waals surface area contributed by atoms with Gasteiger partial charge < -0.3 is 25.6 Å². The van der Waals surface area contributed by atoms with Crippen LogP contribution < -0.4 is 16.0 Å². The topological polar surface area (TPSA) is 104 Å². The van der Waals surface area contributed by atoms with Crippen LogP contribution in [0.1, 0.15) is 39.0 Å². The Hall–Kier alpha value is -3.62. The Labute approximate surface area is 212 Å². The van der Waals surface area contributed by atoms with E-state index in [0.29, 0.717) is 17.9 Å². The second-order valence-electron chi connectivity index (χ2n) is 9.66. The van der Waals surface area contributed by atoms with Crippen LogP contribution in [0.4, 0.5) is 11.6 Å². The van der Waals surface area contributed by atoms with Gasteiger partial charge in [-0.15, -0.1) is 0 Å². The summed E-state index contributed by atoms with van der Waals surface area (Å²) < 4.78 is 5.52. The quantitative estimate of drug-likeness (QED) is 0.457. The third-order valence-electron chi connectivity index (χ3n) is 7.17. The van der Waals surface area contributed by atoms with Gasteiger partial charge in [0.2, 0.25) is 5.91 Å². The van der Waals surface area contributed by atoms with E-state index in [1.165, 1.54) is 5.57 Å². The number of ether oxygens (including phenoxy) is 1. The number of rotatable bonds is 9. The minimum absolute atomic E-state index is 0.268. The zero-order chi connectivity index (χ0) is 24.9. The van der Waals surface area contributed by atoms with Crippen LogP contribution in [-0.4, -0.2) is 59.0 Å². The fourth-order valence-electron chi connectivity index (χ4n) is 5.22. The molecule has 1 fully saturated rings. The summed E-state index contributed by atoms with van der Waals surface area (Å²) in [4.78, 5) is 28.1. The van der Waals surface area contributed by atoms with Crippen LogP contribution in [0, 0.1) is 11.8 Å². The van der Waals surface area contributed by atoms with Crippen LogP contribution in [0.15, 0.2) is 53.7 Å². The van der Waals surface area contributed by atoms with Gasteiger partial charge in [-0.3, -0.25) is 4.79 Å². The maximum absolute atomic E-state index is 12.2. The molecule has 2 unspecified atom stereocenters. The molecule has 2 aromatic heterocycles. The van der Waals surface area contributed by atoms with Crippen molar-refractivity contribution in [2.75, 3.05) is 43.9 Å². The number of fused-ring (bicyclic) bond motifs is 2. The third-order valence-corrected chi connectivity index (χ3v) is 7.17. The first-order valence-corrected chi connectivity index (χ1v) is 12.9. The largest absolute Gasteiger partial charge is 0.495 e. The first kappa shape index (κ1) is 24.1. The molecule has 0 saturated carbocycles. The molecular formula is C27H35N7O2. The lowest BCUT2D eigenvalue weighted by atomic mass is 9.82. The van der Waals surface area contributed by atoms with Crippen LogP contribution in [-0.2, 0) is 9.53 Å². The number of nitrogens with zero attached hydrogens (tertiary/aromatic N) is 4. The van der Waals surface area contributed by atoms with E-state index in [1.807, 2.05) is 23.1 Å². The van der Waals surface area contributed by atoms with Crippen molar-refractivity contribution in [3.05, 3.63) is 53.7 Å². The second kappa shape index (κ2) is 11.0. The third kappa shape index (κ3) is 5.29. The monoisotopic (exact) mass is 489 g/mol. The molecule has 3 aliphatic rings. The number of aromatic nitrogens is 3. The molecule has 9 heteroatoms. The Kier molecular flexibility index (Phi) is 7.34. The number of nitrogens with one attached hydrogen (secondary N) is 3. The number of hydrogen-bond donors (Lipinski definition) is 3. The van der Waals surface area contributed by atoms with Crippen LogP contribution in [0.25, 0.3) is 11.2 Å². The molecule has 1 aliphatic carbocycles. The number of hydrogen-bond acceptors (Lipinski definition) is 8.